The van der Waals surface area contributed by atoms with Crippen molar-refractivity contribution < 1.29 is 4.92 Å². The third kappa shape index (κ3) is 1.53. The molecule has 0 amide bonds. The van der Waals surface area contributed by atoms with Crippen molar-refractivity contribution in [1.82, 2.24) is 4.98 Å². The number of benzene rings is 1. The molecule has 5 heteroatoms. The van der Waals surface area contributed by atoms with Crippen LogP contribution in [0, 0.1) is 10.1 Å². The van der Waals surface area contributed by atoms with Gasteiger partial charge in [-0.2, -0.15) is 0 Å². The molecule has 2 aromatic rings. The second-order valence-corrected chi connectivity index (χ2v) is 3.52. The summed E-state index contributed by atoms with van der Waals surface area (Å²) in [4.78, 5) is 14.4. The van der Waals surface area contributed by atoms with Crippen molar-refractivity contribution in [3.05, 3.63) is 51.8 Å². The van der Waals surface area contributed by atoms with Crippen LogP contribution in [0.5, 0.6) is 0 Å². The zero-order valence-corrected chi connectivity index (χ0v) is 8.94. The van der Waals surface area contributed by atoms with Crippen LogP contribution in [-0.4, -0.2) is 9.91 Å². The zero-order chi connectivity index (χ0) is 11.7. The van der Waals surface area contributed by atoms with Crippen LogP contribution >= 0.6 is 11.6 Å². The molecule has 0 saturated heterocycles. The van der Waals surface area contributed by atoms with Crippen molar-refractivity contribution in [1.29, 1.82) is 0 Å². The summed E-state index contributed by atoms with van der Waals surface area (Å²) < 4.78 is 0. The van der Waals surface area contributed by atoms with Crippen molar-refractivity contribution in [3.63, 3.8) is 0 Å². The molecule has 0 unspecified atom stereocenters. The number of rotatable bonds is 2. The van der Waals surface area contributed by atoms with E-state index in [9.17, 15) is 10.1 Å². The summed E-state index contributed by atoms with van der Waals surface area (Å²) in [7, 11) is 0. The molecule has 0 bridgehead atoms. The molecule has 0 aliphatic carbocycles. The van der Waals surface area contributed by atoms with Crippen LogP contribution < -0.4 is 0 Å². The van der Waals surface area contributed by atoms with Gasteiger partial charge in [0.25, 0.3) is 5.69 Å². The lowest BCUT2D eigenvalue weighted by molar-refractivity contribution is -0.383. The highest BCUT2D eigenvalue weighted by molar-refractivity contribution is 6.34. The summed E-state index contributed by atoms with van der Waals surface area (Å²) in [6.45, 7) is 3.61. The quantitative estimate of drug-likeness (QED) is 0.454. The molecule has 0 N–H and O–H groups in total. The zero-order valence-electron chi connectivity index (χ0n) is 8.18. The molecule has 16 heavy (non-hydrogen) atoms. The van der Waals surface area contributed by atoms with Crippen molar-refractivity contribution in [3.8, 4) is 0 Å². The molecule has 0 aliphatic rings. The highest BCUT2D eigenvalue weighted by atomic mass is 35.5. The third-order valence-electron chi connectivity index (χ3n) is 2.29. The molecule has 0 fully saturated rings. The lowest BCUT2D eigenvalue weighted by atomic mass is 10.1. The minimum atomic E-state index is -0.439. The van der Waals surface area contributed by atoms with Crippen LogP contribution in [-0.2, 0) is 0 Å². The average Bonchev–Trinajstić information content (AvgIpc) is 2.29. The minimum Gasteiger partial charge on any atom is -0.258 e. The van der Waals surface area contributed by atoms with Gasteiger partial charge in [-0.15, -0.1) is 0 Å². The summed E-state index contributed by atoms with van der Waals surface area (Å²) in [5.74, 6) is 0. The van der Waals surface area contributed by atoms with E-state index < -0.39 is 4.92 Å². The summed E-state index contributed by atoms with van der Waals surface area (Å²) in [6.07, 6.45) is 3.00. The Balaban J connectivity index is 2.99. The number of halogens is 1. The van der Waals surface area contributed by atoms with E-state index in [0.29, 0.717) is 16.3 Å². The van der Waals surface area contributed by atoms with Gasteiger partial charge in [0.1, 0.15) is 5.15 Å². The average molecular weight is 235 g/mol. The summed E-state index contributed by atoms with van der Waals surface area (Å²) in [5.41, 5.74) is 0.614. The maximum absolute atomic E-state index is 10.9. The fraction of sp³-hybridized carbons (Fsp3) is 0. The van der Waals surface area contributed by atoms with E-state index in [1.54, 1.807) is 12.1 Å². The number of aromatic nitrogens is 1. The topological polar surface area (TPSA) is 56.0 Å². The Hall–Kier alpha value is -1.94. The van der Waals surface area contributed by atoms with Gasteiger partial charge in [0.2, 0.25) is 0 Å². The molecule has 0 radical (unpaired) electrons. The monoisotopic (exact) mass is 234 g/mol. The number of hydrogen-bond donors (Lipinski definition) is 0. The van der Waals surface area contributed by atoms with E-state index >= 15 is 0 Å². The van der Waals surface area contributed by atoms with Gasteiger partial charge in [0.15, 0.2) is 0 Å². The van der Waals surface area contributed by atoms with Crippen LogP contribution in [0.3, 0.4) is 0 Å². The first kappa shape index (κ1) is 10.6. The van der Waals surface area contributed by atoms with E-state index in [2.05, 4.69) is 11.6 Å². The molecule has 0 aliphatic heterocycles. The maximum Gasteiger partial charge on any atom is 0.277 e. The van der Waals surface area contributed by atoms with E-state index in [1.165, 1.54) is 18.3 Å². The SMILES string of the molecule is C=Cc1cnc(Cl)c2cccc([N+](=O)[O-])c12. The van der Waals surface area contributed by atoms with Crippen molar-refractivity contribution in [2.24, 2.45) is 0 Å². The van der Waals surface area contributed by atoms with Gasteiger partial charge in [-0.05, 0) is 0 Å². The maximum atomic E-state index is 10.9. The van der Waals surface area contributed by atoms with Crippen molar-refractivity contribution in [2.75, 3.05) is 0 Å². The molecule has 2 rings (SSSR count). The Kier molecular flexibility index (Phi) is 2.58. The summed E-state index contributed by atoms with van der Waals surface area (Å²) >= 11 is 5.89. The molecule has 1 aromatic carbocycles. The van der Waals surface area contributed by atoms with Crippen LogP contribution in [0.2, 0.25) is 5.15 Å². The number of nitrogens with zero attached hydrogens (tertiary/aromatic N) is 2. The van der Waals surface area contributed by atoms with Crippen molar-refractivity contribution in [2.45, 2.75) is 0 Å². The Morgan fingerprint density at radius 2 is 2.25 bits per heavy atom. The Morgan fingerprint density at radius 1 is 1.50 bits per heavy atom. The van der Waals surface area contributed by atoms with Gasteiger partial charge >= 0.3 is 0 Å². The van der Waals surface area contributed by atoms with E-state index in [-0.39, 0.29) is 10.8 Å². The molecule has 0 spiro atoms. The first-order chi connectivity index (χ1) is 7.65. The summed E-state index contributed by atoms with van der Waals surface area (Å²) in [6, 6.07) is 4.72. The fourth-order valence-corrected chi connectivity index (χ4v) is 1.79. The van der Waals surface area contributed by atoms with Crippen LogP contribution in [0.15, 0.2) is 31.0 Å². The lowest BCUT2D eigenvalue weighted by Gasteiger charge is -2.04. The predicted molar refractivity (Wildman–Crippen MR) is 63.5 cm³/mol. The van der Waals surface area contributed by atoms with Gasteiger partial charge in [-0.1, -0.05) is 36.4 Å². The predicted octanol–water partition coefficient (Wildman–Crippen LogP) is 3.44. The fourth-order valence-electron chi connectivity index (χ4n) is 1.58. The van der Waals surface area contributed by atoms with E-state index in [1.807, 2.05) is 0 Å². The Labute approximate surface area is 96.3 Å². The third-order valence-corrected chi connectivity index (χ3v) is 2.59. The molecular weight excluding hydrogens is 228 g/mol. The standard InChI is InChI=1S/C11H7ClN2O2/c1-2-7-6-13-11(12)8-4-3-5-9(10(7)8)14(15)16/h2-6H,1H2. The molecule has 80 valence electrons. The van der Waals surface area contributed by atoms with Crippen LogP contribution in [0.4, 0.5) is 5.69 Å². The smallest absolute Gasteiger partial charge is 0.258 e. The number of nitro benzene ring substituents is 1. The second kappa shape index (κ2) is 3.90. The van der Waals surface area contributed by atoms with Crippen LogP contribution in [0.25, 0.3) is 16.8 Å². The number of non-ortho nitro benzene ring substituents is 1. The highest BCUT2D eigenvalue weighted by Gasteiger charge is 2.15. The van der Waals surface area contributed by atoms with Crippen LogP contribution in [0.1, 0.15) is 5.56 Å². The molecule has 0 atom stereocenters. The molecule has 4 nitrogen and oxygen atoms in total. The number of nitro groups is 1. The number of hydrogen-bond acceptors (Lipinski definition) is 3. The highest BCUT2D eigenvalue weighted by Crippen LogP contribution is 2.32. The second-order valence-electron chi connectivity index (χ2n) is 3.17. The number of pyridine rings is 1. The van der Waals surface area contributed by atoms with Gasteiger partial charge < -0.3 is 0 Å². The minimum absolute atomic E-state index is 0.0108. The Morgan fingerprint density at radius 3 is 2.88 bits per heavy atom. The van der Waals surface area contributed by atoms with Gasteiger partial charge in [0, 0.05) is 23.2 Å². The molecular formula is C11H7ClN2O2. The number of fused-ring (bicyclic) bond motifs is 1. The first-order valence-electron chi connectivity index (χ1n) is 4.49. The molecule has 1 heterocycles. The van der Waals surface area contributed by atoms with Gasteiger partial charge in [0.05, 0.1) is 10.3 Å². The van der Waals surface area contributed by atoms with Crippen molar-refractivity contribution >= 4 is 34.1 Å². The Bertz CT molecular complexity index is 596. The van der Waals surface area contributed by atoms with E-state index in [0.717, 1.165) is 0 Å². The molecule has 1 aromatic heterocycles. The largest absolute Gasteiger partial charge is 0.277 e. The first-order valence-corrected chi connectivity index (χ1v) is 4.87. The van der Waals surface area contributed by atoms with E-state index in [4.69, 9.17) is 11.6 Å². The molecule has 0 saturated carbocycles. The summed E-state index contributed by atoms with van der Waals surface area (Å²) in [5, 5.41) is 12.2. The lowest BCUT2D eigenvalue weighted by Crippen LogP contribution is -1.92. The van der Waals surface area contributed by atoms with Gasteiger partial charge in [-0.25, -0.2) is 4.98 Å². The van der Waals surface area contributed by atoms with Gasteiger partial charge in [-0.3, -0.25) is 10.1 Å². The normalized spacial score (nSPS) is 10.3.